The Kier molecular flexibility index (Phi) is 6.98. The number of rotatable bonds is 9. The molecule has 0 bridgehead atoms. The Morgan fingerprint density at radius 2 is 2.00 bits per heavy atom. The number of nitrogens with two attached hydrogens (primary N) is 1. The van der Waals surface area contributed by atoms with Crippen LogP contribution in [0, 0.1) is 0 Å². The van der Waals surface area contributed by atoms with Crippen LogP contribution in [0.2, 0.25) is 0 Å². The van der Waals surface area contributed by atoms with Gasteiger partial charge in [-0.3, -0.25) is 0 Å². The Morgan fingerprint density at radius 3 is 2.62 bits per heavy atom. The monoisotopic (exact) mass is 314 g/mol. The van der Waals surface area contributed by atoms with Gasteiger partial charge in [-0.15, -0.1) is 0 Å². The van der Waals surface area contributed by atoms with Crippen molar-refractivity contribution in [2.45, 2.75) is 57.0 Å². The first-order chi connectivity index (χ1) is 9.90. The summed E-state index contributed by atoms with van der Waals surface area (Å²) in [6.45, 7) is 4.15. The van der Waals surface area contributed by atoms with Gasteiger partial charge in [0.1, 0.15) is 5.75 Å². The van der Waals surface area contributed by atoms with Gasteiger partial charge in [-0.25, -0.2) is 13.1 Å². The van der Waals surface area contributed by atoms with Crippen LogP contribution in [0.1, 0.15) is 46.0 Å². The average Bonchev–Trinajstić information content (AvgIpc) is 2.46. The second kappa shape index (κ2) is 8.24. The number of anilines is 1. The van der Waals surface area contributed by atoms with Gasteiger partial charge in [0.2, 0.25) is 10.0 Å². The van der Waals surface area contributed by atoms with Crippen molar-refractivity contribution >= 4 is 15.7 Å². The molecule has 21 heavy (non-hydrogen) atoms. The van der Waals surface area contributed by atoms with Gasteiger partial charge in [0.25, 0.3) is 0 Å². The molecular formula is C15H26N2O3S. The first-order valence-electron chi connectivity index (χ1n) is 7.40. The van der Waals surface area contributed by atoms with Crippen LogP contribution in [0.4, 0.5) is 5.69 Å². The summed E-state index contributed by atoms with van der Waals surface area (Å²) in [5, 5.41) is 0. The summed E-state index contributed by atoms with van der Waals surface area (Å²) in [4.78, 5) is 0.160. The van der Waals surface area contributed by atoms with Gasteiger partial charge >= 0.3 is 0 Å². The average molecular weight is 314 g/mol. The molecule has 0 radical (unpaired) electrons. The van der Waals surface area contributed by atoms with Crippen LogP contribution < -0.4 is 15.2 Å². The zero-order valence-electron chi connectivity index (χ0n) is 13.1. The fourth-order valence-electron chi connectivity index (χ4n) is 2.04. The highest BCUT2D eigenvalue weighted by atomic mass is 32.2. The quantitative estimate of drug-likeness (QED) is 0.542. The van der Waals surface area contributed by atoms with E-state index in [1.165, 1.54) is 38.4 Å². The molecule has 1 aromatic rings. The zero-order valence-corrected chi connectivity index (χ0v) is 13.9. The van der Waals surface area contributed by atoms with Crippen LogP contribution >= 0.6 is 0 Å². The molecule has 0 aromatic heterocycles. The second-order valence-corrected chi connectivity index (χ2v) is 7.07. The number of hydrogen-bond acceptors (Lipinski definition) is 4. The Bertz CT molecular complexity index is 544. The molecule has 0 aliphatic heterocycles. The third kappa shape index (κ3) is 5.55. The highest BCUT2D eigenvalue weighted by molar-refractivity contribution is 7.89. The van der Waals surface area contributed by atoms with Gasteiger partial charge in [-0.05, 0) is 38.9 Å². The van der Waals surface area contributed by atoms with E-state index < -0.39 is 10.0 Å². The maximum absolute atomic E-state index is 11.8. The van der Waals surface area contributed by atoms with Crippen molar-refractivity contribution in [3.8, 4) is 5.75 Å². The maximum Gasteiger partial charge on any atom is 0.240 e. The Morgan fingerprint density at radius 1 is 1.29 bits per heavy atom. The minimum absolute atomic E-state index is 0.0108. The minimum Gasteiger partial charge on any atom is -0.489 e. The molecule has 3 N–H and O–H groups in total. The molecule has 0 aliphatic carbocycles. The molecule has 0 aliphatic rings. The summed E-state index contributed by atoms with van der Waals surface area (Å²) >= 11 is 0. The molecular weight excluding hydrogens is 288 g/mol. The predicted octanol–water partition coefficient (Wildman–Crippen LogP) is 2.91. The molecule has 120 valence electrons. The number of nitrogen functional groups attached to an aromatic ring is 1. The molecule has 0 saturated carbocycles. The molecule has 0 fully saturated rings. The number of sulfonamides is 1. The van der Waals surface area contributed by atoms with E-state index in [1.807, 2.05) is 6.92 Å². The number of ether oxygens (including phenoxy) is 1. The third-order valence-electron chi connectivity index (χ3n) is 3.36. The van der Waals surface area contributed by atoms with Crippen LogP contribution in [0.3, 0.4) is 0 Å². The van der Waals surface area contributed by atoms with E-state index in [9.17, 15) is 8.42 Å². The molecule has 1 rings (SSSR count). The fourth-order valence-corrected chi connectivity index (χ4v) is 2.78. The molecule has 0 spiro atoms. The van der Waals surface area contributed by atoms with Gasteiger partial charge in [0.15, 0.2) is 0 Å². The van der Waals surface area contributed by atoms with Crippen molar-refractivity contribution in [1.82, 2.24) is 4.72 Å². The first-order valence-corrected chi connectivity index (χ1v) is 8.88. The van der Waals surface area contributed by atoms with Crippen molar-refractivity contribution in [3.05, 3.63) is 18.2 Å². The van der Waals surface area contributed by atoms with Gasteiger partial charge in [-0.2, -0.15) is 0 Å². The SMILES string of the molecule is CCCCCCC(C)Oc1cc(S(=O)(=O)NC)ccc1N. The summed E-state index contributed by atoms with van der Waals surface area (Å²) in [5.41, 5.74) is 6.31. The zero-order chi connectivity index (χ0) is 15.9. The lowest BCUT2D eigenvalue weighted by Crippen LogP contribution is -2.19. The summed E-state index contributed by atoms with van der Waals surface area (Å²) in [6, 6.07) is 4.51. The topological polar surface area (TPSA) is 81.4 Å². The molecule has 0 amide bonds. The van der Waals surface area contributed by atoms with Crippen molar-refractivity contribution in [1.29, 1.82) is 0 Å². The Hall–Kier alpha value is -1.27. The normalized spacial score (nSPS) is 13.1. The van der Waals surface area contributed by atoms with E-state index in [0.29, 0.717) is 11.4 Å². The molecule has 1 unspecified atom stereocenters. The maximum atomic E-state index is 11.8. The van der Waals surface area contributed by atoms with E-state index in [1.54, 1.807) is 6.07 Å². The van der Waals surface area contributed by atoms with Crippen molar-refractivity contribution in [2.75, 3.05) is 12.8 Å². The van der Waals surface area contributed by atoms with Crippen LogP contribution in [0.5, 0.6) is 5.75 Å². The molecule has 0 saturated heterocycles. The third-order valence-corrected chi connectivity index (χ3v) is 4.77. The summed E-state index contributed by atoms with van der Waals surface area (Å²) in [6.07, 6.45) is 5.66. The summed E-state index contributed by atoms with van der Waals surface area (Å²) < 4.78 is 31.6. The van der Waals surface area contributed by atoms with Crippen molar-refractivity contribution < 1.29 is 13.2 Å². The fraction of sp³-hybridized carbons (Fsp3) is 0.600. The standard InChI is InChI=1S/C15H26N2O3S/c1-4-5-6-7-8-12(2)20-15-11-13(9-10-14(15)16)21(18,19)17-3/h9-12,17H,4-8,16H2,1-3H3. The highest BCUT2D eigenvalue weighted by Gasteiger charge is 2.15. The highest BCUT2D eigenvalue weighted by Crippen LogP contribution is 2.27. The molecule has 6 heteroatoms. The number of hydrogen-bond donors (Lipinski definition) is 2. The smallest absolute Gasteiger partial charge is 0.240 e. The van der Waals surface area contributed by atoms with E-state index in [-0.39, 0.29) is 11.0 Å². The minimum atomic E-state index is -3.48. The predicted molar refractivity (Wildman–Crippen MR) is 85.9 cm³/mol. The number of benzene rings is 1. The van der Waals surface area contributed by atoms with Crippen LogP contribution in [0.25, 0.3) is 0 Å². The number of unbranched alkanes of at least 4 members (excludes halogenated alkanes) is 3. The summed E-state index contributed by atoms with van der Waals surface area (Å²) in [5.74, 6) is 0.425. The van der Waals surface area contributed by atoms with Gasteiger partial charge in [0.05, 0.1) is 16.7 Å². The molecule has 5 nitrogen and oxygen atoms in total. The van der Waals surface area contributed by atoms with Gasteiger partial charge < -0.3 is 10.5 Å². The Labute approximate surface area is 127 Å². The lowest BCUT2D eigenvalue weighted by Gasteiger charge is -2.17. The summed E-state index contributed by atoms with van der Waals surface area (Å²) in [7, 11) is -2.11. The van der Waals surface area contributed by atoms with Crippen molar-refractivity contribution in [3.63, 3.8) is 0 Å². The Balaban J connectivity index is 2.72. The second-order valence-electron chi connectivity index (χ2n) is 5.18. The van der Waals surface area contributed by atoms with E-state index in [4.69, 9.17) is 10.5 Å². The van der Waals surface area contributed by atoms with Crippen LogP contribution in [0.15, 0.2) is 23.1 Å². The molecule has 1 aromatic carbocycles. The van der Waals surface area contributed by atoms with E-state index in [2.05, 4.69) is 11.6 Å². The van der Waals surface area contributed by atoms with E-state index >= 15 is 0 Å². The largest absolute Gasteiger partial charge is 0.489 e. The van der Waals surface area contributed by atoms with Crippen molar-refractivity contribution in [2.24, 2.45) is 0 Å². The van der Waals surface area contributed by atoms with E-state index in [0.717, 1.165) is 12.8 Å². The first kappa shape index (κ1) is 17.8. The molecule has 1 atom stereocenters. The van der Waals surface area contributed by atoms with Crippen LogP contribution in [-0.4, -0.2) is 21.6 Å². The molecule has 0 heterocycles. The lowest BCUT2D eigenvalue weighted by atomic mass is 10.1. The van der Waals surface area contributed by atoms with Crippen LogP contribution in [-0.2, 0) is 10.0 Å². The number of nitrogens with one attached hydrogen (secondary N) is 1. The lowest BCUT2D eigenvalue weighted by molar-refractivity contribution is 0.207. The van der Waals surface area contributed by atoms with Gasteiger partial charge in [-0.1, -0.05) is 26.2 Å². The van der Waals surface area contributed by atoms with Gasteiger partial charge in [0, 0.05) is 6.07 Å².